The van der Waals surface area contributed by atoms with E-state index >= 15 is 0 Å². The number of hydrogen-bond acceptors (Lipinski definition) is 4. The van der Waals surface area contributed by atoms with Gasteiger partial charge in [-0.1, -0.05) is 12.1 Å². The zero-order valence-corrected chi connectivity index (χ0v) is 20.1. The highest BCUT2D eigenvalue weighted by atomic mass is 19.3. The lowest BCUT2D eigenvalue weighted by Crippen LogP contribution is -2.58. The van der Waals surface area contributed by atoms with Crippen LogP contribution in [0.5, 0.6) is 0 Å². The smallest absolute Gasteiger partial charge is 0.318 e. The number of aryl methyl sites for hydroxylation is 1. The second kappa shape index (κ2) is 8.69. The topological polar surface area (TPSA) is 78.7 Å². The van der Waals surface area contributed by atoms with E-state index in [1.165, 1.54) is 0 Å². The highest BCUT2D eigenvalue weighted by Gasteiger charge is 2.46. The number of urea groups is 1. The SMILES string of the molecule is Cc1cc(-c2ccc(C(=O)N3CC(F)(F)C3)cc2)cc2cc(CNC(=O)N3Cc4ccncc4C3)oc12. The van der Waals surface area contributed by atoms with Gasteiger partial charge in [0.05, 0.1) is 19.6 Å². The van der Waals surface area contributed by atoms with E-state index in [-0.39, 0.29) is 18.5 Å². The van der Waals surface area contributed by atoms with Gasteiger partial charge in [-0.05, 0) is 71.1 Å². The lowest BCUT2D eigenvalue weighted by atomic mass is 9.99. The maximum Gasteiger partial charge on any atom is 0.318 e. The minimum Gasteiger partial charge on any atom is -0.459 e. The number of pyridine rings is 1. The fourth-order valence-corrected chi connectivity index (χ4v) is 4.92. The predicted octanol–water partition coefficient (Wildman–Crippen LogP) is 5.12. The van der Waals surface area contributed by atoms with Crippen LogP contribution in [0.2, 0.25) is 0 Å². The van der Waals surface area contributed by atoms with E-state index in [0.717, 1.165) is 43.7 Å². The van der Waals surface area contributed by atoms with Crippen molar-refractivity contribution in [3.63, 3.8) is 0 Å². The van der Waals surface area contributed by atoms with Crippen molar-refractivity contribution in [2.24, 2.45) is 0 Å². The predicted molar refractivity (Wildman–Crippen MR) is 133 cm³/mol. The second-order valence-electron chi connectivity index (χ2n) is 9.68. The van der Waals surface area contributed by atoms with E-state index in [1.54, 1.807) is 29.4 Å². The van der Waals surface area contributed by atoms with Crippen LogP contribution in [0, 0.1) is 6.92 Å². The van der Waals surface area contributed by atoms with E-state index in [4.69, 9.17) is 4.42 Å². The molecule has 2 aromatic heterocycles. The number of nitrogens with one attached hydrogen (secondary N) is 1. The van der Waals surface area contributed by atoms with Gasteiger partial charge in [-0.25, -0.2) is 13.6 Å². The molecular weight excluding hydrogens is 478 g/mol. The molecule has 9 heteroatoms. The molecule has 7 nitrogen and oxygen atoms in total. The Kier molecular flexibility index (Phi) is 5.43. The maximum atomic E-state index is 13.1. The van der Waals surface area contributed by atoms with Crippen LogP contribution >= 0.6 is 0 Å². The molecule has 0 aliphatic carbocycles. The molecule has 1 fully saturated rings. The van der Waals surface area contributed by atoms with Crippen LogP contribution < -0.4 is 5.32 Å². The molecule has 188 valence electrons. The monoisotopic (exact) mass is 502 g/mol. The summed E-state index contributed by atoms with van der Waals surface area (Å²) in [6.45, 7) is 2.24. The summed E-state index contributed by atoms with van der Waals surface area (Å²) in [6, 6.07) is 14.6. The summed E-state index contributed by atoms with van der Waals surface area (Å²) < 4.78 is 32.2. The molecule has 4 heterocycles. The van der Waals surface area contributed by atoms with Gasteiger partial charge in [-0.15, -0.1) is 0 Å². The van der Waals surface area contributed by atoms with Crippen molar-refractivity contribution in [3.05, 3.63) is 88.9 Å². The summed E-state index contributed by atoms with van der Waals surface area (Å²) in [5, 5.41) is 3.84. The van der Waals surface area contributed by atoms with Crippen molar-refractivity contribution in [1.82, 2.24) is 20.1 Å². The third kappa shape index (κ3) is 4.41. The van der Waals surface area contributed by atoms with Crippen LogP contribution in [0.15, 0.2) is 65.3 Å². The first kappa shape index (κ1) is 23.1. The first-order valence-electron chi connectivity index (χ1n) is 12.0. The number of halogens is 2. The van der Waals surface area contributed by atoms with Gasteiger partial charge >= 0.3 is 6.03 Å². The van der Waals surface area contributed by atoms with Crippen molar-refractivity contribution < 1.29 is 22.8 Å². The number of furan rings is 1. The summed E-state index contributed by atoms with van der Waals surface area (Å²) in [4.78, 5) is 32.1. The first-order valence-corrected chi connectivity index (χ1v) is 12.0. The largest absolute Gasteiger partial charge is 0.459 e. The number of likely N-dealkylation sites (tertiary alicyclic amines) is 1. The number of hydrogen-bond donors (Lipinski definition) is 1. The van der Waals surface area contributed by atoms with Crippen LogP contribution in [0.1, 0.15) is 32.8 Å². The van der Waals surface area contributed by atoms with Gasteiger partial charge in [0.15, 0.2) is 0 Å². The minimum absolute atomic E-state index is 0.161. The number of carbonyl (C=O) groups excluding carboxylic acids is 2. The zero-order valence-electron chi connectivity index (χ0n) is 20.1. The fraction of sp³-hybridized carbons (Fsp3) is 0.250. The van der Waals surface area contributed by atoms with Gasteiger partial charge in [0.1, 0.15) is 11.3 Å². The molecule has 0 saturated carbocycles. The molecule has 2 aromatic carbocycles. The molecule has 0 spiro atoms. The van der Waals surface area contributed by atoms with Crippen molar-refractivity contribution >= 4 is 22.9 Å². The number of nitrogens with zero attached hydrogens (tertiary/aromatic N) is 3. The van der Waals surface area contributed by atoms with Gasteiger partial charge in [-0.3, -0.25) is 9.78 Å². The second-order valence-corrected chi connectivity index (χ2v) is 9.68. The Labute approximate surface area is 211 Å². The standard InChI is InChI=1S/C28H24F2N4O3/c1-17-8-21(18-2-4-19(5-3-18)26(35)34-15-28(29,30)16-34)9-22-10-24(37-25(17)22)12-32-27(36)33-13-20-6-7-31-11-23(20)14-33/h2-11H,12-16H2,1H3,(H,32,36). The van der Waals surface area contributed by atoms with Gasteiger partial charge < -0.3 is 19.5 Å². The summed E-state index contributed by atoms with van der Waals surface area (Å²) in [5.41, 5.74) is 6.08. The Hall–Kier alpha value is -4.27. The molecule has 2 aliphatic rings. The molecule has 2 aliphatic heterocycles. The molecule has 0 unspecified atom stereocenters. The zero-order chi connectivity index (χ0) is 25.7. The fourth-order valence-electron chi connectivity index (χ4n) is 4.92. The number of alkyl halides is 2. The summed E-state index contributed by atoms with van der Waals surface area (Å²) in [7, 11) is 0. The Morgan fingerprint density at radius 2 is 1.76 bits per heavy atom. The first-order chi connectivity index (χ1) is 17.8. The Balaban J connectivity index is 1.14. The van der Waals surface area contributed by atoms with E-state index in [2.05, 4.69) is 10.3 Å². The molecular formula is C28H24F2N4O3. The number of carbonyl (C=O) groups is 2. The third-order valence-electron chi connectivity index (χ3n) is 6.88. The maximum absolute atomic E-state index is 13.1. The van der Waals surface area contributed by atoms with E-state index < -0.39 is 19.0 Å². The summed E-state index contributed by atoms with van der Waals surface area (Å²) in [6.07, 6.45) is 3.53. The van der Waals surface area contributed by atoms with Gasteiger partial charge in [-0.2, -0.15) is 0 Å². The molecule has 1 N–H and O–H groups in total. The molecule has 0 bridgehead atoms. The van der Waals surface area contributed by atoms with Crippen LogP contribution in [0.25, 0.3) is 22.1 Å². The van der Waals surface area contributed by atoms with Gasteiger partial charge in [0.25, 0.3) is 11.8 Å². The normalized spacial score (nSPS) is 16.0. The number of benzene rings is 2. The van der Waals surface area contributed by atoms with E-state index in [1.807, 2.05) is 43.3 Å². The number of aromatic nitrogens is 1. The van der Waals surface area contributed by atoms with Gasteiger partial charge in [0, 0.05) is 36.4 Å². The van der Waals surface area contributed by atoms with Crippen molar-refractivity contribution in [3.8, 4) is 11.1 Å². The van der Waals surface area contributed by atoms with Crippen LogP contribution in [-0.2, 0) is 19.6 Å². The highest BCUT2D eigenvalue weighted by molar-refractivity contribution is 5.95. The van der Waals surface area contributed by atoms with Crippen LogP contribution in [0.3, 0.4) is 0 Å². The van der Waals surface area contributed by atoms with E-state index in [0.29, 0.717) is 24.4 Å². The lowest BCUT2D eigenvalue weighted by molar-refractivity contribution is -0.113. The van der Waals surface area contributed by atoms with E-state index in [9.17, 15) is 18.4 Å². The minimum atomic E-state index is -2.79. The van der Waals surface area contributed by atoms with Crippen LogP contribution in [-0.4, -0.2) is 45.7 Å². The molecule has 1 saturated heterocycles. The quantitative estimate of drug-likeness (QED) is 0.420. The molecule has 6 rings (SSSR count). The Morgan fingerprint density at radius 3 is 2.49 bits per heavy atom. The average molecular weight is 503 g/mol. The summed E-state index contributed by atoms with van der Waals surface area (Å²) >= 11 is 0. The molecule has 0 radical (unpaired) electrons. The molecule has 37 heavy (non-hydrogen) atoms. The Morgan fingerprint density at radius 1 is 1.00 bits per heavy atom. The van der Waals surface area contributed by atoms with Gasteiger partial charge in [0.2, 0.25) is 0 Å². The molecule has 4 aromatic rings. The number of fused-ring (bicyclic) bond motifs is 2. The van der Waals surface area contributed by atoms with Crippen molar-refractivity contribution in [1.29, 1.82) is 0 Å². The van der Waals surface area contributed by atoms with Crippen LogP contribution in [0.4, 0.5) is 13.6 Å². The Bertz CT molecular complexity index is 1500. The summed E-state index contributed by atoms with van der Waals surface area (Å²) in [5.74, 6) is -2.53. The van der Waals surface area contributed by atoms with Crippen molar-refractivity contribution in [2.75, 3.05) is 13.1 Å². The molecule has 0 atom stereocenters. The highest BCUT2D eigenvalue weighted by Crippen LogP contribution is 2.32. The number of rotatable bonds is 4. The average Bonchev–Trinajstić information content (AvgIpc) is 3.50. The third-order valence-corrected chi connectivity index (χ3v) is 6.88. The molecule has 3 amide bonds. The lowest BCUT2D eigenvalue weighted by Gasteiger charge is -2.38. The number of amides is 3. The van der Waals surface area contributed by atoms with Crippen molar-refractivity contribution in [2.45, 2.75) is 32.5 Å².